The maximum absolute atomic E-state index is 13.4. The van der Waals surface area contributed by atoms with E-state index in [4.69, 9.17) is 0 Å². The van der Waals surface area contributed by atoms with Crippen LogP contribution in [0.25, 0.3) is 11.3 Å². The lowest BCUT2D eigenvalue weighted by atomic mass is 10.1. The highest BCUT2D eigenvalue weighted by atomic mass is 32.1. The number of nitrogens with one attached hydrogen (secondary N) is 1. The molecule has 0 unspecified atom stereocenters. The Morgan fingerprint density at radius 1 is 1.07 bits per heavy atom. The summed E-state index contributed by atoms with van der Waals surface area (Å²) in [6.07, 6.45) is 0.383. The number of carbonyl (C=O) groups is 2. The van der Waals surface area contributed by atoms with E-state index in [9.17, 15) is 18.4 Å². The number of halogens is 2. The van der Waals surface area contributed by atoms with E-state index in [1.165, 1.54) is 11.1 Å². The molecule has 1 aliphatic rings. The molecule has 9 heteroatoms. The number of hydrazone groups is 1. The number of hydrogen-bond acceptors (Lipinski definition) is 5. The number of hydrogen-bond donors (Lipinski definition) is 1. The van der Waals surface area contributed by atoms with Gasteiger partial charge in [0.15, 0.2) is 16.8 Å². The van der Waals surface area contributed by atoms with Crippen molar-refractivity contribution in [2.45, 2.75) is 12.8 Å². The van der Waals surface area contributed by atoms with Crippen LogP contribution in [-0.2, 0) is 9.59 Å². The Labute approximate surface area is 168 Å². The van der Waals surface area contributed by atoms with Crippen molar-refractivity contribution in [1.82, 2.24) is 4.98 Å². The smallest absolute Gasteiger partial charge is 0.273 e. The Hall–Kier alpha value is -3.46. The lowest BCUT2D eigenvalue weighted by molar-refractivity contribution is -0.118. The third-order valence-corrected chi connectivity index (χ3v) is 4.99. The first kappa shape index (κ1) is 18.9. The van der Waals surface area contributed by atoms with Crippen LogP contribution in [0, 0.1) is 11.6 Å². The molecule has 1 aliphatic heterocycles. The van der Waals surface area contributed by atoms with Crippen LogP contribution < -0.4 is 10.3 Å². The topological polar surface area (TPSA) is 74.7 Å². The molecule has 0 aliphatic carbocycles. The molecule has 1 N–H and O–H groups in total. The molecule has 0 atom stereocenters. The molecule has 146 valence electrons. The number of thiazole rings is 1. The zero-order valence-corrected chi connectivity index (χ0v) is 15.7. The predicted octanol–water partition coefficient (Wildman–Crippen LogP) is 4.21. The van der Waals surface area contributed by atoms with Gasteiger partial charge in [-0.25, -0.2) is 18.8 Å². The van der Waals surface area contributed by atoms with Gasteiger partial charge in [0.25, 0.3) is 5.91 Å². The molecular formula is C20H14F2N4O2S. The fourth-order valence-electron chi connectivity index (χ4n) is 2.78. The second-order valence-electron chi connectivity index (χ2n) is 6.21. The average molecular weight is 412 g/mol. The van der Waals surface area contributed by atoms with Crippen molar-refractivity contribution in [3.05, 3.63) is 65.5 Å². The molecule has 6 nitrogen and oxygen atoms in total. The maximum Gasteiger partial charge on any atom is 0.273 e. The molecule has 3 aromatic rings. The van der Waals surface area contributed by atoms with Crippen LogP contribution in [0.4, 0.5) is 19.6 Å². The first-order valence-electron chi connectivity index (χ1n) is 8.69. The zero-order valence-electron chi connectivity index (χ0n) is 14.9. The fraction of sp³-hybridized carbons (Fsp3) is 0.100. The minimum atomic E-state index is -0.969. The van der Waals surface area contributed by atoms with E-state index >= 15 is 0 Å². The standard InChI is InChI=1S/C20H14F2N4O2S/c21-14-7-6-12(10-15(14)22)17-11-29-20(23-17)24-19(28)16-8-9-18(27)26(25-16)13-4-2-1-3-5-13/h1-7,10-11H,8-9H2,(H,23,24,28). The van der Waals surface area contributed by atoms with E-state index in [1.54, 1.807) is 29.6 Å². The van der Waals surface area contributed by atoms with Crippen molar-refractivity contribution in [3.8, 4) is 11.3 Å². The highest BCUT2D eigenvalue weighted by molar-refractivity contribution is 7.14. The summed E-state index contributed by atoms with van der Waals surface area (Å²) < 4.78 is 26.5. The summed E-state index contributed by atoms with van der Waals surface area (Å²) in [5.74, 6) is -2.57. The predicted molar refractivity (Wildman–Crippen MR) is 107 cm³/mol. The van der Waals surface area contributed by atoms with Gasteiger partial charge in [0.05, 0.1) is 11.4 Å². The van der Waals surface area contributed by atoms with Crippen LogP contribution in [-0.4, -0.2) is 22.5 Å². The summed E-state index contributed by atoms with van der Waals surface area (Å²) in [6, 6.07) is 12.3. The van der Waals surface area contributed by atoms with Crippen LogP contribution in [0.5, 0.6) is 0 Å². The van der Waals surface area contributed by atoms with Gasteiger partial charge in [0, 0.05) is 23.8 Å². The largest absolute Gasteiger partial charge is 0.297 e. The molecule has 0 saturated carbocycles. The third-order valence-electron chi connectivity index (χ3n) is 4.24. The molecule has 2 aromatic carbocycles. The molecule has 0 bridgehead atoms. The summed E-state index contributed by atoms with van der Waals surface area (Å²) in [7, 11) is 0. The quantitative estimate of drug-likeness (QED) is 0.698. The van der Waals surface area contributed by atoms with E-state index in [2.05, 4.69) is 15.4 Å². The van der Waals surface area contributed by atoms with Crippen LogP contribution in [0.2, 0.25) is 0 Å². The van der Waals surface area contributed by atoms with E-state index in [0.29, 0.717) is 22.1 Å². The van der Waals surface area contributed by atoms with Crippen molar-refractivity contribution in [1.29, 1.82) is 0 Å². The number of aromatic nitrogens is 1. The van der Waals surface area contributed by atoms with E-state index in [1.807, 2.05) is 6.07 Å². The molecule has 0 saturated heterocycles. The van der Waals surface area contributed by atoms with Gasteiger partial charge in [-0.15, -0.1) is 11.3 Å². The maximum atomic E-state index is 13.4. The Bertz CT molecular complexity index is 1110. The molecule has 29 heavy (non-hydrogen) atoms. The van der Waals surface area contributed by atoms with Crippen molar-refractivity contribution < 1.29 is 18.4 Å². The number of anilines is 2. The lowest BCUT2D eigenvalue weighted by Gasteiger charge is -2.22. The van der Waals surface area contributed by atoms with Gasteiger partial charge in [-0.2, -0.15) is 5.10 Å². The van der Waals surface area contributed by atoms with Crippen molar-refractivity contribution in [2.24, 2.45) is 5.10 Å². The lowest BCUT2D eigenvalue weighted by Crippen LogP contribution is -2.36. The Kier molecular flexibility index (Phi) is 5.13. The van der Waals surface area contributed by atoms with Gasteiger partial charge in [-0.05, 0) is 30.3 Å². The van der Waals surface area contributed by atoms with Gasteiger partial charge in [0.2, 0.25) is 5.91 Å². The molecule has 4 rings (SSSR count). The number of nitrogens with zero attached hydrogens (tertiary/aromatic N) is 3. The van der Waals surface area contributed by atoms with Crippen LogP contribution >= 0.6 is 11.3 Å². The summed E-state index contributed by atoms with van der Waals surface area (Å²) >= 11 is 1.15. The Morgan fingerprint density at radius 2 is 1.86 bits per heavy atom. The minimum Gasteiger partial charge on any atom is -0.297 e. The summed E-state index contributed by atoms with van der Waals surface area (Å²) in [4.78, 5) is 29.0. The van der Waals surface area contributed by atoms with Crippen molar-refractivity contribution in [2.75, 3.05) is 10.3 Å². The van der Waals surface area contributed by atoms with E-state index < -0.39 is 17.5 Å². The molecule has 2 amide bonds. The van der Waals surface area contributed by atoms with Crippen LogP contribution in [0.15, 0.2) is 59.0 Å². The minimum absolute atomic E-state index is 0.166. The fourth-order valence-corrected chi connectivity index (χ4v) is 3.49. The Balaban J connectivity index is 1.51. The third kappa shape index (κ3) is 4.04. The number of benzene rings is 2. The molecular weight excluding hydrogens is 398 g/mol. The van der Waals surface area contributed by atoms with Gasteiger partial charge in [-0.1, -0.05) is 18.2 Å². The second-order valence-corrected chi connectivity index (χ2v) is 7.07. The SMILES string of the molecule is O=C(Nc1nc(-c2ccc(F)c(F)c2)cs1)C1=NN(c2ccccc2)C(=O)CC1. The summed E-state index contributed by atoms with van der Waals surface area (Å²) in [6.45, 7) is 0. The molecule has 1 aromatic heterocycles. The normalized spacial score (nSPS) is 13.9. The number of rotatable bonds is 4. The van der Waals surface area contributed by atoms with Crippen molar-refractivity contribution in [3.63, 3.8) is 0 Å². The summed E-state index contributed by atoms with van der Waals surface area (Å²) in [5, 5.41) is 9.97. The molecule has 2 heterocycles. The second kappa shape index (κ2) is 7.88. The van der Waals surface area contributed by atoms with Gasteiger partial charge < -0.3 is 0 Å². The first-order chi connectivity index (χ1) is 14.0. The molecule has 0 fully saturated rings. The van der Waals surface area contributed by atoms with Gasteiger partial charge >= 0.3 is 0 Å². The Morgan fingerprint density at radius 3 is 2.62 bits per heavy atom. The number of carbonyl (C=O) groups excluding carboxylic acids is 2. The number of amides is 2. The zero-order chi connectivity index (χ0) is 20.4. The van der Waals surface area contributed by atoms with E-state index in [-0.39, 0.29) is 24.5 Å². The molecule has 0 spiro atoms. The van der Waals surface area contributed by atoms with Gasteiger partial charge in [0.1, 0.15) is 5.71 Å². The van der Waals surface area contributed by atoms with Crippen LogP contribution in [0.3, 0.4) is 0 Å². The first-order valence-corrected chi connectivity index (χ1v) is 9.57. The van der Waals surface area contributed by atoms with Crippen molar-refractivity contribution >= 4 is 39.7 Å². The monoisotopic (exact) mass is 412 g/mol. The van der Waals surface area contributed by atoms with Gasteiger partial charge in [-0.3, -0.25) is 14.9 Å². The van der Waals surface area contributed by atoms with E-state index in [0.717, 1.165) is 23.5 Å². The molecule has 0 radical (unpaired) electrons. The average Bonchev–Trinajstić information content (AvgIpc) is 3.19. The highest BCUT2D eigenvalue weighted by Crippen LogP contribution is 2.26. The van der Waals surface area contributed by atoms with Crippen LogP contribution in [0.1, 0.15) is 12.8 Å². The number of para-hydroxylation sites is 1. The summed E-state index contributed by atoms with van der Waals surface area (Å²) in [5.41, 5.74) is 1.60. The highest BCUT2D eigenvalue weighted by Gasteiger charge is 2.26.